The minimum absolute atomic E-state index is 0.329. The maximum atomic E-state index is 11.8. The topological polar surface area (TPSA) is 50.1 Å². The highest BCUT2D eigenvalue weighted by molar-refractivity contribution is 5.84. The lowest BCUT2D eigenvalue weighted by atomic mass is 9.78. The molecule has 0 aromatic rings. The zero-order valence-electron chi connectivity index (χ0n) is 9.38. The third kappa shape index (κ3) is 2.04. The van der Waals surface area contributed by atoms with Gasteiger partial charge in [0.25, 0.3) is 0 Å². The Morgan fingerprint density at radius 2 is 2.40 bits per heavy atom. The molecule has 0 saturated heterocycles. The van der Waals surface area contributed by atoms with Crippen LogP contribution in [0.2, 0.25) is 0 Å². The molecule has 82 valence electrons. The number of nitriles is 1. The zero-order chi connectivity index (χ0) is 11.3. The van der Waals surface area contributed by atoms with E-state index in [0.29, 0.717) is 13.0 Å². The fourth-order valence-corrected chi connectivity index (χ4v) is 2.01. The predicted molar refractivity (Wildman–Crippen MR) is 56.9 cm³/mol. The number of rotatable bonds is 4. The SMILES string of the molecule is CCOC(=O)C(C#N)(CC)C1=CCCC1. The smallest absolute Gasteiger partial charge is 0.330 e. The van der Waals surface area contributed by atoms with Gasteiger partial charge in [-0.3, -0.25) is 0 Å². The van der Waals surface area contributed by atoms with Gasteiger partial charge >= 0.3 is 5.97 Å². The molecule has 0 spiro atoms. The molecule has 1 aliphatic carbocycles. The number of nitrogens with zero attached hydrogens (tertiary/aromatic N) is 1. The van der Waals surface area contributed by atoms with Crippen molar-refractivity contribution in [3.8, 4) is 6.07 Å². The van der Waals surface area contributed by atoms with E-state index in [2.05, 4.69) is 6.07 Å². The van der Waals surface area contributed by atoms with E-state index in [9.17, 15) is 10.1 Å². The Labute approximate surface area is 90.7 Å². The first-order valence-corrected chi connectivity index (χ1v) is 5.49. The Bertz CT molecular complexity index is 314. The van der Waals surface area contributed by atoms with Crippen LogP contribution in [-0.4, -0.2) is 12.6 Å². The summed E-state index contributed by atoms with van der Waals surface area (Å²) in [6.45, 7) is 3.95. The molecule has 0 fully saturated rings. The third-order valence-corrected chi connectivity index (χ3v) is 2.93. The summed E-state index contributed by atoms with van der Waals surface area (Å²) in [7, 11) is 0. The lowest BCUT2D eigenvalue weighted by molar-refractivity contribution is -0.150. The molecule has 0 amide bonds. The molecular formula is C12H17NO2. The first kappa shape index (κ1) is 11.8. The number of allylic oxidation sites excluding steroid dienone is 1. The van der Waals surface area contributed by atoms with Gasteiger partial charge in [0.2, 0.25) is 0 Å². The molecule has 0 aromatic carbocycles. The van der Waals surface area contributed by atoms with Gasteiger partial charge in [-0.05, 0) is 38.2 Å². The standard InChI is InChI=1S/C12H17NO2/c1-3-12(9-13,11(14)15-4-2)10-7-5-6-8-10/h7H,3-6,8H2,1-2H3. The monoisotopic (exact) mass is 207 g/mol. The van der Waals surface area contributed by atoms with Gasteiger partial charge in [-0.1, -0.05) is 13.0 Å². The van der Waals surface area contributed by atoms with E-state index >= 15 is 0 Å². The van der Waals surface area contributed by atoms with Gasteiger partial charge in [0.05, 0.1) is 12.7 Å². The van der Waals surface area contributed by atoms with Crippen LogP contribution in [0.25, 0.3) is 0 Å². The van der Waals surface area contributed by atoms with E-state index in [1.807, 2.05) is 13.0 Å². The molecule has 0 heterocycles. The molecule has 1 unspecified atom stereocenters. The Morgan fingerprint density at radius 3 is 2.80 bits per heavy atom. The summed E-state index contributed by atoms with van der Waals surface area (Å²) >= 11 is 0. The summed E-state index contributed by atoms with van der Waals surface area (Å²) in [5.41, 5.74) is -0.0714. The first-order valence-electron chi connectivity index (χ1n) is 5.49. The van der Waals surface area contributed by atoms with Crippen LogP contribution in [0, 0.1) is 16.7 Å². The highest BCUT2D eigenvalue weighted by Gasteiger charge is 2.42. The summed E-state index contributed by atoms with van der Waals surface area (Å²) in [6.07, 6.45) is 5.37. The van der Waals surface area contributed by atoms with Crippen molar-refractivity contribution in [2.45, 2.75) is 39.5 Å². The largest absolute Gasteiger partial charge is 0.465 e. The molecule has 0 radical (unpaired) electrons. The lowest BCUT2D eigenvalue weighted by Gasteiger charge is -2.24. The molecule has 3 heteroatoms. The molecule has 1 aliphatic rings. The molecule has 0 saturated carbocycles. The van der Waals surface area contributed by atoms with Crippen molar-refractivity contribution in [2.24, 2.45) is 5.41 Å². The second-order valence-electron chi connectivity index (χ2n) is 3.71. The fraction of sp³-hybridized carbons (Fsp3) is 0.667. The van der Waals surface area contributed by atoms with Crippen LogP contribution < -0.4 is 0 Å². The van der Waals surface area contributed by atoms with E-state index < -0.39 is 5.41 Å². The highest BCUT2D eigenvalue weighted by atomic mass is 16.5. The van der Waals surface area contributed by atoms with Crippen LogP contribution in [0.3, 0.4) is 0 Å². The summed E-state index contributed by atoms with van der Waals surface area (Å²) in [5.74, 6) is -0.386. The zero-order valence-corrected chi connectivity index (χ0v) is 9.38. The van der Waals surface area contributed by atoms with Crippen LogP contribution in [0.15, 0.2) is 11.6 Å². The minimum Gasteiger partial charge on any atom is -0.465 e. The van der Waals surface area contributed by atoms with Gasteiger partial charge in [0.15, 0.2) is 5.41 Å². The number of carbonyl (C=O) groups excluding carboxylic acids is 1. The average Bonchev–Trinajstić information content (AvgIpc) is 2.75. The van der Waals surface area contributed by atoms with Gasteiger partial charge in [-0.2, -0.15) is 5.26 Å². The summed E-state index contributed by atoms with van der Waals surface area (Å²) < 4.78 is 5.00. The van der Waals surface area contributed by atoms with Crippen molar-refractivity contribution in [3.05, 3.63) is 11.6 Å². The van der Waals surface area contributed by atoms with Crippen molar-refractivity contribution >= 4 is 5.97 Å². The molecule has 0 aromatic heterocycles. The van der Waals surface area contributed by atoms with Gasteiger partial charge in [-0.15, -0.1) is 0 Å². The number of carbonyl (C=O) groups is 1. The van der Waals surface area contributed by atoms with E-state index in [4.69, 9.17) is 4.74 Å². The number of esters is 1. The maximum Gasteiger partial charge on any atom is 0.330 e. The Hall–Kier alpha value is -1.30. The molecule has 1 atom stereocenters. The predicted octanol–water partition coefficient (Wildman–Crippen LogP) is 2.58. The molecule has 0 aliphatic heterocycles. The fourth-order valence-electron chi connectivity index (χ4n) is 2.01. The van der Waals surface area contributed by atoms with Crippen molar-refractivity contribution in [3.63, 3.8) is 0 Å². The van der Waals surface area contributed by atoms with Crippen LogP contribution in [0.4, 0.5) is 0 Å². The summed E-state index contributed by atoms with van der Waals surface area (Å²) in [5, 5.41) is 9.24. The van der Waals surface area contributed by atoms with Crippen LogP contribution >= 0.6 is 0 Å². The van der Waals surface area contributed by atoms with E-state index in [1.165, 1.54) is 0 Å². The van der Waals surface area contributed by atoms with Gasteiger partial charge in [0, 0.05) is 0 Å². The summed E-state index contributed by atoms with van der Waals surface area (Å²) in [6, 6.07) is 2.15. The van der Waals surface area contributed by atoms with Crippen molar-refractivity contribution in [1.29, 1.82) is 5.26 Å². The average molecular weight is 207 g/mol. The lowest BCUT2D eigenvalue weighted by Crippen LogP contribution is -2.32. The molecule has 1 rings (SSSR count). The molecule has 3 nitrogen and oxygen atoms in total. The van der Waals surface area contributed by atoms with E-state index in [1.54, 1.807) is 6.92 Å². The Morgan fingerprint density at radius 1 is 1.67 bits per heavy atom. The van der Waals surface area contributed by atoms with E-state index in [0.717, 1.165) is 24.8 Å². The second kappa shape index (κ2) is 4.97. The van der Waals surface area contributed by atoms with Crippen molar-refractivity contribution in [2.75, 3.05) is 6.61 Å². The van der Waals surface area contributed by atoms with Crippen molar-refractivity contribution < 1.29 is 9.53 Å². The normalized spacial score (nSPS) is 18.9. The number of ether oxygens (including phenoxy) is 1. The Balaban J connectivity index is 2.97. The quantitative estimate of drug-likeness (QED) is 0.526. The van der Waals surface area contributed by atoms with Crippen LogP contribution in [-0.2, 0) is 9.53 Å². The first-order chi connectivity index (χ1) is 7.21. The molecule has 15 heavy (non-hydrogen) atoms. The van der Waals surface area contributed by atoms with E-state index in [-0.39, 0.29) is 5.97 Å². The van der Waals surface area contributed by atoms with Crippen molar-refractivity contribution in [1.82, 2.24) is 0 Å². The van der Waals surface area contributed by atoms with Gasteiger partial charge < -0.3 is 4.74 Å². The Kier molecular flexibility index (Phi) is 3.90. The third-order valence-electron chi connectivity index (χ3n) is 2.93. The summed E-state index contributed by atoms with van der Waals surface area (Å²) in [4.78, 5) is 11.8. The molecule has 0 N–H and O–H groups in total. The minimum atomic E-state index is -1.02. The number of hydrogen-bond acceptors (Lipinski definition) is 3. The molecule has 0 bridgehead atoms. The van der Waals surface area contributed by atoms with Crippen LogP contribution in [0.5, 0.6) is 0 Å². The van der Waals surface area contributed by atoms with Crippen LogP contribution in [0.1, 0.15) is 39.5 Å². The number of hydrogen-bond donors (Lipinski definition) is 0. The highest BCUT2D eigenvalue weighted by Crippen LogP contribution is 2.38. The van der Waals surface area contributed by atoms with Gasteiger partial charge in [0.1, 0.15) is 0 Å². The van der Waals surface area contributed by atoms with Gasteiger partial charge in [-0.25, -0.2) is 4.79 Å². The second-order valence-corrected chi connectivity index (χ2v) is 3.71. The molecular weight excluding hydrogens is 190 g/mol. The maximum absolute atomic E-state index is 11.8.